The number of amides is 2. The summed E-state index contributed by atoms with van der Waals surface area (Å²) in [5.41, 5.74) is 6.77. The number of rotatable bonds is 2. The number of carbonyl (C=O) groups is 2. The summed E-state index contributed by atoms with van der Waals surface area (Å²) in [6, 6.07) is 1.82. The minimum Gasteiger partial charge on any atom is -0.474 e. The van der Waals surface area contributed by atoms with Crippen LogP contribution in [-0.4, -0.2) is 51.4 Å². The molecule has 32 heavy (non-hydrogen) atoms. The Morgan fingerprint density at radius 2 is 2.12 bits per heavy atom. The lowest BCUT2D eigenvalue weighted by Crippen LogP contribution is -2.37. The summed E-state index contributed by atoms with van der Waals surface area (Å²) in [7, 11) is 0. The molecular formula is C23H20N6O3. The van der Waals surface area contributed by atoms with Crippen LogP contribution in [0.3, 0.4) is 0 Å². The van der Waals surface area contributed by atoms with E-state index in [4.69, 9.17) is 9.72 Å². The summed E-state index contributed by atoms with van der Waals surface area (Å²) >= 11 is 0. The van der Waals surface area contributed by atoms with E-state index in [0.717, 1.165) is 53.0 Å². The molecule has 0 unspecified atom stereocenters. The molecule has 6 rings (SSSR count). The summed E-state index contributed by atoms with van der Waals surface area (Å²) in [5, 5.41) is 2.93. The van der Waals surface area contributed by atoms with E-state index in [-0.39, 0.29) is 11.8 Å². The van der Waals surface area contributed by atoms with Gasteiger partial charge in [0.2, 0.25) is 5.88 Å². The third-order valence-corrected chi connectivity index (χ3v) is 6.19. The molecule has 0 spiro atoms. The van der Waals surface area contributed by atoms with Crippen LogP contribution in [0.4, 0.5) is 5.69 Å². The molecule has 0 bridgehead atoms. The zero-order valence-electron chi connectivity index (χ0n) is 17.3. The number of nitrogens with zero attached hydrogens (tertiary/aromatic N) is 4. The molecular weight excluding hydrogens is 408 g/mol. The Hall–Kier alpha value is -4.01. The number of nitrogens with one attached hydrogen (secondary N) is 2. The van der Waals surface area contributed by atoms with E-state index >= 15 is 0 Å². The van der Waals surface area contributed by atoms with Crippen LogP contribution in [0.2, 0.25) is 0 Å². The normalized spacial score (nSPS) is 16.1. The number of carbonyl (C=O) groups excluding carboxylic acids is 2. The van der Waals surface area contributed by atoms with Crippen LogP contribution in [-0.2, 0) is 24.1 Å². The maximum absolute atomic E-state index is 12.4. The van der Waals surface area contributed by atoms with Crippen molar-refractivity contribution in [3.8, 4) is 28.7 Å². The maximum Gasteiger partial charge on any atom is 0.253 e. The predicted octanol–water partition coefficient (Wildman–Crippen LogP) is 1.83. The van der Waals surface area contributed by atoms with Crippen molar-refractivity contribution < 1.29 is 14.3 Å². The monoisotopic (exact) mass is 428 g/mol. The Labute approximate surface area is 183 Å². The van der Waals surface area contributed by atoms with E-state index in [1.165, 1.54) is 6.08 Å². The fraction of sp³-hybridized carbons (Fsp3) is 0.261. The number of aromatic nitrogens is 4. The Morgan fingerprint density at radius 3 is 3.00 bits per heavy atom. The van der Waals surface area contributed by atoms with Crippen LogP contribution >= 0.6 is 0 Å². The van der Waals surface area contributed by atoms with Gasteiger partial charge in [0, 0.05) is 36.6 Å². The molecule has 0 aromatic carbocycles. The number of H-pyrrole nitrogens is 1. The molecule has 0 saturated carbocycles. The minimum absolute atomic E-state index is 0.0210. The molecule has 3 aromatic heterocycles. The molecule has 9 heteroatoms. The van der Waals surface area contributed by atoms with Crippen molar-refractivity contribution in [1.29, 1.82) is 0 Å². The van der Waals surface area contributed by atoms with E-state index in [1.54, 1.807) is 11.1 Å². The van der Waals surface area contributed by atoms with Gasteiger partial charge in [0.05, 0.1) is 23.5 Å². The number of hydrogen-bond acceptors (Lipinski definition) is 6. The van der Waals surface area contributed by atoms with E-state index in [2.05, 4.69) is 26.8 Å². The summed E-state index contributed by atoms with van der Waals surface area (Å²) < 4.78 is 5.61. The summed E-state index contributed by atoms with van der Waals surface area (Å²) in [5.74, 6) is 0.672. The van der Waals surface area contributed by atoms with Crippen LogP contribution in [0.25, 0.3) is 22.8 Å². The van der Waals surface area contributed by atoms with Crippen LogP contribution in [0.15, 0.2) is 31.1 Å². The molecule has 1 aliphatic carbocycles. The van der Waals surface area contributed by atoms with Crippen molar-refractivity contribution in [3.05, 3.63) is 53.5 Å². The topological polar surface area (TPSA) is 113 Å². The fourth-order valence-corrected chi connectivity index (χ4v) is 4.66. The number of pyridine rings is 1. The van der Waals surface area contributed by atoms with Crippen molar-refractivity contribution in [1.82, 2.24) is 25.3 Å². The first-order valence-corrected chi connectivity index (χ1v) is 10.6. The predicted molar refractivity (Wildman–Crippen MR) is 117 cm³/mol. The molecule has 9 nitrogen and oxygen atoms in total. The van der Waals surface area contributed by atoms with Crippen molar-refractivity contribution in [3.63, 3.8) is 0 Å². The molecule has 160 valence electrons. The van der Waals surface area contributed by atoms with Gasteiger partial charge in [-0.15, -0.1) is 0 Å². The lowest BCUT2D eigenvalue weighted by Gasteiger charge is -2.28. The summed E-state index contributed by atoms with van der Waals surface area (Å²) in [6.07, 6.45) is 7.10. The highest BCUT2D eigenvalue weighted by molar-refractivity contribution is 6.02. The number of anilines is 1. The van der Waals surface area contributed by atoms with Crippen LogP contribution in [0.1, 0.15) is 27.2 Å². The quantitative estimate of drug-likeness (QED) is 0.602. The van der Waals surface area contributed by atoms with Gasteiger partial charge in [-0.1, -0.05) is 6.58 Å². The van der Waals surface area contributed by atoms with E-state index in [9.17, 15) is 9.59 Å². The molecule has 2 aliphatic heterocycles. The Balaban J connectivity index is 1.45. The minimum atomic E-state index is -0.209. The molecule has 5 heterocycles. The van der Waals surface area contributed by atoms with Crippen LogP contribution < -0.4 is 15.0 Å². The smallest absolute Gasteiger partial charge is 0.253 e. The highest BCUT2D eigenvalue weighted by Gasteiger charge is 2.31. The molecule has 0 atom stereocenters. The first kappa shape index (κ1) is 18.7. The molecule has 0 radical (unpaired) electrons. The Morgan fingerprint density at radius 1 is 1.22 bits per heavy atom. The highest BCUT2D eigenvalue weighted by atomic mass is 16.5. The average molecular weight is 428 g/mol. The first-order chi connectivity index (χ1) is 15.6. The Bertz CT molecular complexity index is 1310. The zero-order chi connectivity index (χ0) is 21.8. The second kappa shape index (κ2) is 7.01. The fourth-order valence-electron chi connectivity index (χ4n) is 4.66. The average Bonchev–Trinajstić information content (AvgIpc) is 3.23. The van der Waals surface area contributed by atoms with Gasteiger partial charge in [0.25, 0.3) is 11.8 Å². The number of ether oxygens (including phenoxy) is 1. The highest BCUT2D eigenvalue weighted by Crippen LogP contribution is 2.38. The molecule has 0 saturated heterocycles. The second-order valence-electron chi connectivity index (χ2n) is 8.00. The van der Waals surface area contributed by atoms with Gasteiger partial charge < -0.3 is 19.9 Å². The molecule has 2 amide bonds. The van der Waals surface area contributed by atoms with Crippen molar-refractivity contribution in [2.45, 2.75) is 19.3 Å². The first-order valence-electron chi connectivity index (χ1n) is 10.6. The number of aromatic amines is 1. The molecule has 2 N–H and O–H groups in total. The van der Waals surface area contributed by atoms with Gasteiger partial charge in [0.1, 0.15) is 12.3 Å². The SMILES string of the molecule is C=CC(=O)N1CCOc2ncc(-c3ncc4c(n3)-c3[nH]c5c(c3CC4)C(=O)NCC5)cc21. The Kier molecular flexibility index (Phi) is 4.11. The van der Waals surface area contributed by atoms with Gasteiger partial charge in [-0.25, -0.2) is 15.0 Å². The lowest BCUT2D eigenvalue weighted by molar-refractivity contribution is -0.114. The molecule has 0 fully saturated rings. The number of hydrogen-bond donors (Lipinski definition) is 2. The van der Waals surface area contributed by atoms with Crippen LogP contribution in [0.5, 0.6) is 5.88 Å². The second-order valence-corrected chi connectivity index (χ2v) is 8.00. The molecule has 3 aliphatic rings. The van der Waals surface area contributed by atoms with Gasteiger partial charge in [0.15, 0.2) is 5.82 Å². The summed E-state index contributed by atoms with van der Waals surface area (Å²) in [6.45, 7) is 5.02. The molecule has 3 aromatic rings. The maximum atomic E-state index is 12.4. The van der Waals surface area contributed by atoms with Crippen molar-refractivity contribution in [2.24, 2.45) is 0 Å². The van der Waals surface area contributed by atoms with E-state index < -0.39 is 0 Å². The van der Waals surface area contributed by atoms with Crippen molar-refractivity contribution >= 4 is 17.5 Å². The van der Waals surface area contributed by atoms with Gasteiger partial charge in [-0.3, -0.25) is 9.59 Å². The third-order valence-electron chi connectivity index (χ3n) is 6.19. The van der Waals surface area contributed by atoms with E-state index in [1.807, 2.05) is 12.3 Å². The van der Waals surface area contributed by atoms with Gasteiger partial charge in [-0.05, 0) is 36.1 Å². The third kappa shape index (κ3) is 2.74. The van der Waals surface area contributed by atoms with Crippen molar-refractivity contribution in [2.75, 3.05) is 24.6 Å². The van der Waals surface area contributed by atoms with Gasteiger partial charge in [-0.2, -0.15) is 0 Å². The number of aryl methyl sites for hydroxylation is 1. The number of fused-ring (bicyclic) bond motifs is 6. The summed E-state index contributed by atoms with van der Waals surface area (Å²) in [4.78, 5) is 43.6. The zero-order valence-corrected chi connectivity index (χ0v) is 17.3. The lowest BCUT2D eigenvalue weighted by atomic mass is 9.91. The van der Waals surface area contributed by atoms with Gasteiger partial charge >= 0.3 is 0 Å². The van der Waals surface area contributed by atoms with Crippen LogP contribution in [0, 0.1) is 0 Å². The largest absolute Gasteiger partial charge is 0.474 e. The van der Waals surface area contributed by atoms with E-state index in [0.29, 0.717) is 42.7 Å². The standard InChI is InChI=1S/C23H20N6O3/c1-2-17(30)29-7-8-32-23-16(29)9-13(11-26-23)21-25-10-12-3-4-14-18-15(5-6-24-22(18)31)27-20(14)19(12)28-21/h2,9-11,27H,1,3-8H2,(H,24,31).